The predicted octanol–water partition coefficient (Wildman–Crippen LogP) is 7.65. The summed E-state index contributed by atoms with van der Waals surface area (Å²) >= 11 is 12.6. The van der Waals surface area contributed by atoms with Gasteiger partial charge < -0.3 is 22.9 Å². The molecule has 0 aromatic heterocycles. The van der Waals surface area contributed by atoms with Gasteiger partial charge in [-0.1, -0.05) is 60.9 Å². The van der Waals surface area contributed by atoms with Crippen LogP contribution in [0.3, 0.4) is 0 Å². The topological polar surface area (TPSA) is 197 Å². The van der Waals surface area contributed by atoms with E-state index < -0.39 is 72.4 Å². The first-order valence-electron chi connectivity index (χ1n) is 15.2. The normalized spacial score (nSPS) is 11.6. The van der Waals surface area contributed by atoms with Crippen molar-refractivity contribution < 1.29 is 44.3 Å². The minimum Gasteiger partial charge on any atom is -0.370 e. The van der Waals surface area contributed by atoms with Crippen LogP contribution in [0.2, 0.25) is 10.0 Å². The number of carbonyl (C=O) groups is 2. The minimum absolute atomic E-state index is 0.0298. The van der Waals surface area contributed by atoms with Crippen molar-refractivity contribution >= 4 is 68.5 Å². The summed E-state index contributed by atoms with van der Waals surface area (Å²) in [5.41, 5.74) is 18.0. The van der Waals surface area contributed by atoms with Gasteiger partial charge in [0.1, 0.15) is 0 Å². The highest BCUT2D eigenvalue weighted by atomic mass is 35.5. The van der Waals surface area contributed by atoms with Crippen LogP contribution in [0.15, 0.2) is 102 Å². The highest BCUT2D eigenvalue weighted by Crippen LogP contribution is 2.42. The largest absolute Gasteiger partial charge is 0.417 e. The van der Waals surface area contributed by atoms with E-state index in [9.17, 15) is 44.3 Å². The molecule has 0 atom stereocenters. The van der Waals surface area contributed by atoms with Gasteiger partial charge in [0.05, 0.1) is 20.9 Å². The Balaban J connectivity index is 0.000000291. The number of rotatable bonds is 8. The Morgan fingerprint density at radius 1 is 0.685 bits per heavy atom. The number of aliphatic imine (C=N–C) groups is 2. The van der Waals surface area contributed by atoms with Gasteiger partial charge in [0.15, 0.2) is 11.9 Å². The number of aryl methyl sites for hydroxylation is 2. The van der Waals surface area contributed by atoms with Crippen LogP contribution in [0.25, 0.3) is 0 Å². The second-order valence-electron chi connectivity index (χ2n) is 10.9. The van der Waals surface area contributed by atoms with Gasteiger partial charge in [-0.15, -0.1) is 0 Å². The molecule has 0 radical (unpaired) electrons. The Bertz CT molecular complexity index is 2240. The molecule has 54 heavy (non-hydrogen) atoms. The number of hydrogen-bond donors (Lipinski definition) is 4. The summed E-state index contributed by atoms with van der Waals surface area (Å²) in [4.78, 5) is 29.9. The Morgan fingerprint density at radius 2 is 1.15 bits per heavy atom. The number of hydrogen-bond acceptors (Lipinski definition) is 5. The highest BCUT2D eigenvalue weighted by Gasteiger charge is 2.39. The monoisotopic (exact) mass is 834 g/mol. The van der Waals surface area contributed by atoms with Gasteiger partial charge in [0.25, 0.3) is 11.8 Å². The molecule has 0 aliphatic carbocycles. The van der Waals surface area contributed by atoms with Gasteiger partial charge >= 0.3 is 12.4 Å². The van der Waals surface area contributed by atoms with Gasteiger partial charge in [-0.05, 0) is 84.6 Å². The molecule has 4 aromatic carbocycles. The standard InChI is InChI=1S/C17H15ClF3N3O3S.C17H15ClF3N3OS/c1-2-9-6-14(28(26,27)11-5-3-4-10(18)7-11)13(17(19,20)21)8-12(9)15(25)24-16(22)23;1-2-9-6-14(26-11-5-3-4-10(18)7-11)13(17(19,20)21)8-12(9)15(25)24-16(22)23/h3-8H,2H2,1H3,(H4,22,23,24,25);3-8H,2H2,1H3,(H4,22,23,24,25). The van der Waals surface area contributed by atoms with Crippen LogP contribution in [0.4, 0.5) is 26.3 Å². The van der Waals surface area contributed by atoms with Crippen molar-refractivity contribution in [1.29, 1.82) is 0 Å². The maximum Gasteiger partial charge on any atom is 0.417 e. The summed E-state index contributed by atoms with van der Waals surface area (Å²) in [7, 11) is -4.57. The Hall–Kier alpha value is -4.78. The molecule has 4 rings (SSSR count). The van der Waals surface area contributed by atoms with E-state index in [1.165, 1.54) is 18.2 Å². The number of nitrogens with zero attached hydrogens (tertiary/aromatic N) is 2. The van der Waals surface area contributed by atoms with E-state index in [4.69, 9.17) is 46.1 Å². The van der Waals surface area contributed by atoms with E-state index in [2.05, 4.69) is 9.98 Å². The summed E-state index contributed by atoms with van der Waals surface area (Å²) in [6.07, 6.45) is -9.31. The van der Waals surface area contributed by atoms with Gasteiger partial charge in [0.2, 0.25) is 9.84 Å². The van der Waals surface area contributed by atoms with E-state index >= 15 is 0 Å². The Kier molecular flexibility index (Phi) is 14.2. The number of carbonyl (C=O) groups excluding carboxylic acids is 2. The molecule has 0 aliphatic rings. The third-order valence-corrected chi connectivity index (χ3v) is 10.4. The van der Waals surface area contributed by atoms with Crippen LogP contribution >= 0.6 is 35.0 Å². The molecule has 10 nitrogen and oxygen atoms in total. The zero-order valence-electron chi connectivity index (χ0n) is 28.0. The van der Waals surface area contributed by atoms with E-state index in [1.54, 1.807) is 38.1 Å². The molecular weight excluding hydrogens is 805 g/mol. The zero-order chi connectivity index (χ0) is 40.8. The zero-order valence-corrected chi connectivity index (χ0v) is 31.2. The second-order valence-corrected chi connectivity index (χ2v) is 14.8. The summed E-state index contributed by atoms with van der Waals surface area (Å²) in [5.74, 6) is -3.15. The Morgan fingerprint density at radius 3 is 1.59 bits per heavy atom. The molecule has 0 heterocycles. The van der Waals surface area contributed by atoms with Crippen molar-refractivity contribution in [2.45, 2.75) is 58.6 Å². The number of sulfone groups is 1. The molecule has 0 saturated heterocycles. The molecule has 2 amide bonds. The van der Waals surface area contributed by atoms with Crippen molar-refractivity contribution in [3.8, 4) is 0 Å². The molecule has 20 heteroatoms. The molecule has 8 N–H and O–H groups in total. The fraction of sp³-hybridized carbons (Fsp3) is 0.176. The highest BCUT2D eigenvalue weighted by molar-refractivity contribution is 7.99. The lowest BCUT2D eigenvalue weighted by atomic mass is 10.0. The molecular formula is C34H30Cl2F6N6O4S2. The van der Waals surface area contributed by atoms with Crippen LogP contribution in [-0.4, -0.2) is 32.2 Å². The van der Waals surface area contributed by atoms with Crippen LogP contribution in [0.5, 0.6) is 0 Å². The van der Waals surface area contributed by atoms with Gasteiger partial charge in [-0.25, -0.2) is 8.42 Å². The molecule has 0 unspecified atom stereocenters. The van der Waals surface area contributed by atoms with Crippen molar-refractivity contribution in [2.24, 2.45) is 32.9 Å². The molecule has 4 aromatic rings. The first-order valence-corrected chi connectivity index (χ1v) is 18.2. The summed E-state index contributed by atoms with van der Waals surface area (Å²) < 4.78 is 107. The third-order valence-electron chi connectivity index (χ3n) is 7.13. The van der Waals surface area contributed by atoms with Gasteiger partial charge in [0, 0.05) is 31.0 Å². The average molecular weight is 836 g/mol. The van der Waals surface area contributed by atoms with Crippen molar-refractivity contribution in [3.63, 3.8) is 0 Å². The van der Waals surface area contributed by atoms with Crippen LogP contribution in [0, 0.1) is 0 Å². The maximum absolute atomic E-state index is 13.6. The maximum atomic E-state index is 13.6. The number of nitrogens with two attached hydrogens (primary N) is 4. The van der Waals surface area contributed by atoms with Crippen molar-refractivity contribution in [1.82, 2.24) is 0 Å². The fourth-order valence-electron chi connectivity index (χ4n) is 4.75. The van der Waals surface area contributed by atoms with Gasteiger partial charge in [-0.2, -0.15) is 36.3 Å². The van der Waals surface area contributed by atoms with E-state index in [0.717, 1.165) is 36.0 Å². The van der Waals surface area contributed by atoms with Gasteiger partial charge in [-0.3, -0.25) is 9.59 Å². The van der Waals surface area contributed by atoms with Crippen molar-refractivity contribution in [2.75, 3.05) is 0 Å². The van der Waals surface area contributed by atoms with Crippen molar-refractivity contribution in [3.05, 3.63) is 116 Å². The fourth-order valence-corrected chi connectivity index (χ4v) is 7.89. The minimum atomic E-state index is -5.06. The number of halogens is 8. The number of guanidine groups is 2. The van der Waals surface area contributed by atoms with E-state index in [1.807, 2.05) is 0 Å². The summed E-state index contributed by atoms with van der Waals surface area (Å²) in [6.45, 7) is 3.27. The molecule has 288 valence electrons. The molecule has 0 bridgehead atoms. The molecule has 0 fully saturated rings. The third kappa shape index (κ3) is 11.1. The average Bonchev–Trinajstić information content (AvgIpc) is 3.06. The number of amides is 2. The number of alkyl halides is 6. The smallest absolute Gasteiger partial charge is 0.370 e. The molecule has 0 aliphatic heterocycles. The van der Waals surface area contributed by atoms with Crippen LogP contribution in [-0.2, 0) is 35.0 Å². The van der Waals surface area contributed by atoms with Crippen LogP contribution in [0.1, 0.15) is 56.8 Å². The summed E-state index contributed by atoms with van der Waals surface area (Å²) in [6, 6.07) is 14.8. The number of benzene rings is 4. The van der Waals surface area contributed by atoms with Crippen LogP contribution < -0.4 is 22.9 Å². The lowest BCUT2D eigenvalue weighted by Crippen LogP contribution is -2.25. The lowest BCUT2D eigenvalue weighted by molar-refractivity contribution is -0.140. The van der Waals surface area contributed by atoms with E-state index in [-0.39, 0.29) is 27.5 Å². The molecule has 0 saturated carbocycles. The SMILES string of the molecule is CCc1cc(S(=O)(=O)c2cccc(Cl)c2)c(C(F)(F)F)cc1C(=O)N=C(N)N.CCc1cc(Sc2cccc(Cl)c2)c(C(F)(F)F)cc1C(=O)N=C(N)N. The molecule has 0 spiro atoms. The summed E-state index contributed by atoms with van der Waals surface area (Å²) in [5, 5.41) is 0.462. The first-order chi connectivity index (χ1) is 25.0. The Labute approximate surface area is 319 Å². The van der Waals surface area contributed by atoms with E-state index in [0.29, 0.717) is 28.0 Å². The first kappa shape index (κ1) is 43.6. The second kappa shape index (κ2) is 17.6. The lowest BCUT2D eigenvalue weighted by Gasteiger charge is -2.17. The quantitative estimate of drug-likeness (QED) is 0.0783. The predicted molar refractivity (Wildman–Crippen MR) is 194 cm³/mol.